The summed E-state index contributed by atoms with van der Waals surface area (Å²) in [4.78, 5) is 25.9. The lowest BCUT2D eigenvalue weighted by Gasteiger charge is -2.12. The molecule has 0 aliphatic carbocycles. The first kappa shape index (κ1) is 20.7. The van der Waals surface area contributed by atoms with Crippen molar-refractivity contribution in [1.29, 1.82) is 0 Å². The lowest BCUT2D eigenvalue weighted by atomic mass is 9.99. The monoisotopic (exact) mass is 436 g/mol. The van der Waals surface area contributed by atoms with Crippen molar-refractivity contribution in [3.8, 4) is 28.4 Å². The Hall–Kier alpha value is -3.58. The lowest BCUT2D eigenvalue weighted by Crippen LogP contribution is -2.10. The second kappa shape index (κ2) is 8.65. The van der Waals surface area contributed by atoms with E-state index in [-0.39, 0.29) is 12.4 Å². The Bertz CT molecular complexity index is 1300. The summed E-state index contributed by atoms with van der Waals surface area (Å²) in [5, 5.41) is 2.66. The summed E-state index contributed by atoms with van der Waals surface area (Å²) < 4.78 is 21.6. The smallest absolute Gasteiger partial charge is 0.344 e. The van der Waals surface area contributed by atoms with Crippen molar-refractivity contribution in [2.45, 2.75) is 13.3 Å². The molecule has 4 aromatic rings. The zero-order chi connectivity index (χ0) is 22.0. The first-order valence-corrected chi connectivity index (χ1v) is 10.4. The number of fused-ring (bicyclic) bond motifs is 1. The van der Waals surface area contributed by atoms with Gasteiger partial charge >= 0.3 is 11.6 Å². The van der Waals surface area contributed by atoms with E-state index in [1.165, 1.54) is 11.3 Å². The van der Waals surface area contributed by atoms with Gasteiger partial charge < -0.3 is 18.6 Å². The molecule has 0 atom stereocenters. The van der Waals surface area contributed by atoms with E-state index in [1.54, 1.807) is 50.6 Å². The van der Waals surface area contributed by atoms with Crippen LogP contribution in [0.5, 0.6) is 17.2 Å². The van der Waals surface area contributed by atoms with Gasteiger partial charge in [0, 0.05) is 16.3 Å². The summed E-state index contributed by atoms with van der Waals surface area (Å²) in [6.07, 6.45) is 0.191. The Labute approximate surface area is 182 Å². The van der Waals surface area contributed by atoms with Crippen molar-refractivity contribution < 1.29 is 23.4 Å². The van der Waals surface area contributed by atoms with Gasteiger partial charge in [0.05, 0.1) is 26.2 Å². The zero-order valence-electron chi connectivity index (χ0n) is 17.3. The number of hydrogen-bond acceptors (Lipinski definition) is 7. The third-order valence-electron chi connectivity index (χ3n) is 4.94. The Morgan fingerprint density at radius 2 is 1.84 bits per heavy atom. The molecule has 158 valence electrons. The average molecular weight is 436 g/mol. The molecule has 0 saturated carbocycles. The van der Waals surface area contributed by atoms with Crippen molar-refractivity contribution in [2.24, 2.45) is 0 Å². The molecule has 2 aromatic heterocycles. The number of carbonyl (C=O) groups is 1. The van der Waals surface area contributed by atoms with Crippen molar-refractivity contribution in [1.82, 2.24) is 0 Å². The molecule has 7 heteroatoms. The van der Waals surface area contributed by atoms with Crippen molar-refractivity contribution >= 4 is 28.3 Å². The standard InChI is InChI=1S/C24H20O6S/c1-14-18-8-7-16(29-22(25)13-17-5-4-10-31-17)12-20(18)30-24(26)23(14)15-6-9-19(27-2)21(11-15)28-3/h4-12H,13H2,1-3H3. The van der Waals surface area contributed by atoms with Crippen LogP contribution in [0.1, 0.15) is 10.4 Å². The quantitative estimate of drug-likeness (QED) is 0.241. The number of methoxy groups -OCH3 is 2. The van der Waals surface area contributed by atoms with E-state index >= 15 is 0 Å². The summed E-state index contributed by atoms with van der Waals surface area (Å²) in [6.45, 7) is 1.85. The first-order valence-electron chi connectivity index (χ1n) is 9.53. The number of aryl methyl sites for hydroxylation is 1. The van der Waals surface area contributed by atoms with Crippen LogP contribution in [0.15, 0.2) is 63.1 Å². The normalized spacial score (nSPS) is 10.8. The minimum absolute atomic E-state index is 0.191. The van der Waals surface area contributed by atoms with Gasteiger partial charge in [-0.05, 0) is 53.8 Å². The van der Waals surface area contributed by atoms with Crippen LogP contribution in [0, 0.1) is 6.92 Å². The summed E-state index contributed by atoms with van der Waals surface area (Å²) in [5.41, 5.74) is 1.73. The van der Waals surface area contributed by atoms with E-state index in [0.717, 1.165) is 15.8 Å². The maximum absolute atomic E-state index is 12.8. The third-order valence-corrected chi connectivity index (χ3v) is 5.82. The largest absolute Gasteiger partial charge is 0.493 e. The molecule has 0 bridgehead atoms. The minimum atomic E-state index is -0.487. The molecule has 0 amide bonds. The summed E-state index contributed by atoms with van der Waals surface area (Å²) in [5.74, 6) is 1.05. The van der Waals surface area contributed by atoms with Gasteiger partial charge in [0.2, 0.25) is 0 Å². The van der Waals surface area contributed by atoms with Crippen LogP contribution in [0.4, 0.5) is 0 Å². The second-order valence-electron chi connectivity index (χ2n) is 6.85. The molecule has 31 heavy (non-hydrogen) atoms. The van der Waals surface area contributed by atoms with Crippen LogP contribution >= 0.6 is 11.3 Å². The van der Waals surface area contributed by atoms with Gasteiger partial charge in [-0.3, -0.25) is 4.79 Å². The molecule has 0 aliphatic rings. The summed E-state index contributed by atoms with van der Waals surface area (Å²) in [7, 11) is 3.09. The third kappa shape index (κ3) is 4.18. The molecule has 0 unspecified atom stereocenters. The molecule has 0 fully saturated rings. The van der Waals surface area contributed by atoms with Crippen LogP contribution in [-0.4, -0.2) is 20.2 Å². The number of esters is 1. The SMILES string of the molecule is COc1ccc(-c2c(C)c3ccc(OC(=O)Cc4cccs4)cc3oc2=O)cc1OC. The van der Waals surface area contributed by atoms with E-state index in [0.29, 0.717) is 34.0 Å². The highest BCUT2D eigenvalue weighted by Crippen LogP contribution is 2.34. The number of benzene rings is 2. The fourth-order valence-corrected chi connectivity index (χ4v) is 4.14. The van der Waals surface area contributed by atoms with Crippen molar-refractivity contribution in [3.05, 3.63) is 74.8 Å². The van der Waals surface area contributed by atoms with Crippen LogP contribution in [0.3, 0.4) is 0 Å². The molecule has 2 aromatic carbocycles. The molecule has 0 N–H and O–H groups in total. The van der Waals surface area contributed by atoms with Gasteiger partial charge in [-0.15, -0.1) is 11.3 Å². The van der Waals surface area contributed by atoms with Crippen LogP contribution in [-0.2, 0) is 11.2 Å². The van der Waals surface area contributed by atoms with E-state index in [4.69, 9.17) is 18.6 Å². The molecular weight excluding hydrogens is 416 g/mol. The highest BCUT2D eigenvalue weighted by Gasteiger charge is 2.17. The van der Waals surface area contributed by atoms with Gasteiger partial charge in [-0.25, -0.2) is 4.79 Å². The van der Waals surface area contributed by atoms with E-state index in [1.807, 2.05) is 24.4 Å². The van der Waals surface area contributed by atoms with Crippen LogP contribution in [0.2, 0.25) is 0 Å². The highest BCUT2D eigenvalue weighted by atomic mass is 32.1. The molecule has 0 saturated heterocycles. The number of ether oxygens (including phenoxy) is 3. The van der Waals surface area contributed by atoms with Gasteiger partial charge in [0.1, 0.15) is 11.3 Å². The van der Waals surface area contributed by atoms with E-state index in [2.05, 4.69) is 0 Å². The number of hydrogen-bond donors (Lipinski definition) is 0. The predicted molar refractivity (Wildman–Crippen MR) is 119 cm³/mol. The Kier molecular flexibility index (Phi) is 5.77. The Balaban J connectivity index is 1.69. The van der Waals surface area contributed by atoms with Gasteiger partial charge in [-0.1, -0.05) is 12.1 Å². The van der Waals surface area contributed by atoms with Gasteiger partial charge in [-0.2, -0.15) is 0 Å². The molecule has 2 heterocycles. The molecular formula is C24H20O6S. The van der Waals surface area contributed by atoms with E-state index in [9.17, 15) is 9.59 Å². The van der Waals surface area contributed by atoms with Gasteiger partial charge in [0.25, 0.3) is 0 Å². The summed E-state index contributed by atoms with van der Waals surface area (Å²) >= 11 is 1.50. The molecule has 6 nitrogen and oxygen atoms in total. The fraction of sp³-hybridized carbons (Fsp3) is 0.167. The number of thiophene rings is 1. The van der Waals surface area contributed by atoms with Crippen molar-refractivity contribution in [2.75, 3.05) is 14.2 Å². The highest BCUT2D eigenvalue weighted by molar-refractivity contribution is 7.10. The summed E-state index contributed by atoms with van der Waals surface area (Å²) in [6, 6.07) is 14.1. The Morgan fingerprint density at radius 3 is 2.55 bits per heavy atom. The van der Waals surface area contributed by atoms with E-state index < -0.39 is 5.63 Å². The molecule has 0 radical (unpaired) electrons. The fourth-order valence-electron chi connectivity index (χ4n) is 3.45. The molecule has 4 rings (SSSR count). The second-order valence-corrected chi connectivity index (χ2v) is 7.88. The van der Waals surface area contributed by atoms with Crippen molar-refractivity contribution in [3.63, 3.8) is 0 Å². The first-order chi connectivity index (χ1) is 15.0. The number of carbonyl (C=O) groups excluding carboxylic acids is 1. The minimum Gasteiger partial charge on any atom is -0.493 e. The predicted octanol–water partition coefficient (Wildman–Crippen LogP) is 5.00. The molecule has 0 spiro atoms. The van der Waals surface area contributed by atoms with Crippen LogP contribution in [0.25, 0.3) is 22.1 Å². The Morgan fingerprint density at radius 1 is 1.03 bits per heavy atom. The average Bonchev–Trinajstić information content (AvgIpc) is 3.26. The number of rotatable bonds is 6. The van der Waals surface area contributed by atoms with Gasteiger partial charge in [0.15, 0.2) is 11.5 Å². The zero-order valence-corrected chi connectivity index (χ0v) is 18.1. The maximum Gasteiger partial charge on any atom is 0.344 e. The molecule has 0 aliphatic heterocycles. The van der Waals surface area contributed by atoms with Crippen LogP contribution < -0.4 is 19.8 Å². The lowest BCUT2D eigenvalue weighted by molar-refractivity contribution is -0.133. The topological polar surface area (TPSA) is 75.0 Å². The maximum atomic E-state index is 12.8.